The first kappa shape index (κ1) is 14.1. The van der Waals surface area contributed by atoms with Crippen LogP contribution < -0.4 is 0 Å². The summed E-state index contributed by atoms with van der Waals surface area (Å²) in [5.41, 5.74) is 1.01. The number of hydrogen-bond acceptors (Lipinski definition) is 4. The van der Waals surface area contributed by atoms with E-state index >= 15 is 0 Å². The van der Waals surface area contributed by atoms with Gasteiger partial charge in [-0.1, -0.05) is 26.0 Å². The summed E-state index contributed by atoms with van der Waals surface area (Å²) in [6.07, 6.45) is 1.99. The van der Waals surface area contributed by atoms with Gasteiger partial charge in [-0.2, -0.15) is 0 Å². The molecule has 2 rings (SSSR count). The molecule has 1 aromatic rings. The van der Waals surface area contributed by atoms with Gasteiger partial charge < -0.3 is 0 Å². The van der Waals surface area contributed by atoms with Gasteiger partial charge in [0.1, 0.15) is 0 Å². The van der Waals surface area contributed by atoms with Gasteiger partial charge in [0, 0.05) is 13.1 Å². The number of imide groups is 1. The number of rotatable bonds is 6. The van der Waals surface area contributed by atoms with Crippen molar-refractivity contribution in [2.75, 3.05) is 13.1 Å². The Balaban J connectivity index is 2.15. The van der Waals surface area contributed by atoms with E-state index in [9.17, 15) is 9.59 Å². The third-order valence-corrected chi connectivity index (χ3v) is 3.99. The number of benzene rings is 1. The van der Waals surface area contributed by atoms with Crippen molar-refractivity contribution in [3.8, 4) is 0 Å². The first-order valence-corrected chi connectivity index (χ1v) is 7.32. The minimum Gasteiger partial charge on any atom is -0.268 e. The molecule has 5 heteroatoms. The van der Waals surface area contributed by atoms with Gasteiger partial charge in [-0.3, -0.25) is 9.59 Å². The number of amides is 2. The molecule has 0 N–H and O–H groups in total. The number of fused-ring (bicyclic) bond motifs is 1. The van der Waals surface area contributed by atoms with E-state index in [2.05, 4.69) is 18.2 Å². The molecule has 0 bridgehead atoms. The van der Waals surface area contributed by atoms with Crippen molar-refractivity contribution in [1.82, 2.24) is 8.61 Å². The molecule has 1 heterocycles. The fourth-order valence-corrected chi connectivity index (χ4v) is 3.15. The summed E-state index contributed by atoms with van der Waals surface area (Å²) in [5.74, 6) is -0.411. The van der Waals surface area contributed by atoms with Crippen molar-refractivity contribution < 1.29 is 9.59 Å². The molecule has 0 unspecified atom stereocenters. The normalized spacial score (nSPS) is 14.4. The van der Waals surface area contributed by atoms with Crippen molar-refractivity contribution >= 4 is 23.9 Å². The molecule has 0 saturated heterocycles. The fourth-order valence-electron chi connectivity index (χ4n) is 2.05. The van der Waals surface area contributed by atoms with Gasteiger partial charge >= 0.3 is 0 Å². The zero-order chi connectivity index (χ0) is 13.8. The molecule has 0 saturated carbocycles. The van der Waals surface area contributed by atoms with Crippen LogP contribution in [-0.2, 0) is 0 Å². The average molecular weight is 278 g/mol. The largest absolute Gasteiger partial charge is 0.272 e. The van der Waals surface area contributed by atoms with Crippen molar-refractivity contribution in [2.45, 2.75) is 26.7 Å². The zero-order valence-electron chi connectivity index (χ0n) is 11.3. The summed E-state index contributed by atoms with van der Waals surface area (Å²) < 4.78 is 3.34. The maximum atomic E-state index is 12.2. The van der Waals surface area contributed by atoms with Crippen molar-refractivity contribution in [2.24, 2.45) is 0 Å². The minimum absolute atomic E-state index is 0.206. The number of hydrogen-bond donors (Lipinski definition) is 0. The van der Waals surface area contributed by atoms with E-state index in [0.29, 0.717) is 11.1 Å². The van der Waals surface area contributed by atoms with E-state index in [4.69, 9.17) is 0 Å². The van der Waals surface area contributed by atoms with Crippen molar-refractivity contribution in [1.29, 1.82) is 0 Å². The Morgan fingerprint density at radius 2 is 1.47 bits per heavy atom. The zero-order valence-corrected chi connectivity index (χ0v) is 12.1. The second kappa shape index (κ2) is 6.21. The molecule has 1 aliphatic heterocycles. The average Bonchev–Trinajstić information content (AvgIpc) is 2.65. The van der Waals surface area contributed by atoms with Crippen LogP contribution in [0.3, 0.4) is 0 Å². The monoisotopic (exact) mass is 278 g/mol. The topological polar surface area (TPSA) is 40.6 Å². The molecule has 0 atom stereocenters. The van der Waals surface area contributed by atoms with Crippen LogP contribution >= 0.6 is 12.1 Å². The van der Waals surface area contributed by atoms with E-state index in [-0.39, 0.29) is 11.8 Å². The second-order valence-electron chi connectivity index (χ2n) is 4.46. The lowest BCUT2D eigenvalue weighted by atomic mass is 10.1. The van der Waals surface area contributed by atoms with Crippen LogP contribution in [0.2, 0.25) is 0 Å². The molecule has 102 valence electrons. The lowest BCUT2D eigenvalue weighted by Crippen LogP contribution is -2.30. The van der Waals surface area contributed by atoms with Crippen LogP contribution in [0.5, 0.6) is 0 Å². The summed E-state index contributed by atoms with van der Waals surface area (Å²) in [6, 6.07) is 6.99. The molecule has 1 aromatic carbocycles. The summed E-state index contributed by atoms with van der Waals surface area (Å²) in [5, 5.41) is 0. The summed E-state index contributed by atoms with van der Waals surface area (Å²) in [4.78, 5) is 24.4. The molecule has 0 fully saturated rings. The van der Waals surface area contributed by atoms with Gasteiger partial charge in [0.2, 0.25) is 0 Å². The van der Waals surface area contributed by atoms with Crippen LogP contribution in [0, 0.1) is 0 Å². The smallest absolute Gasteiger partial charge is 0.268 e. The molecule has 0 spiro atoms. The molecule has 0 aromatic heterocycles. The molecular weight excluding hydrogens is 260 g/mol. The SMILES string of the molecule is CCCN(CCC)SN1C(=O)c2ccccc2C1=O. The fraction of sp³-hybridized carbons (Fsp3) is 0.429. The van der Waals surface area contributed by atoms with Gasteiger partial charge in [-0.15, -0.1) is 0 Å². The van der Waals surface area contributed by atoms with Gasteiger partial charge in [-0.25, -0.2) is 8.61 Å². The second-order valence-corrected chi connectivity index (χ2v) is 5.51. The predicted octanol–water partition coefficient (Wildman–Crippen LogP) is 2.97. The molecule has 1 aliphatic rings. The standard InChI is InChI=1S/C14H18N2O2S/c1-3-9-15(10-4-2)19-16-13(17)11-7-5-6-8-12(11)14(16)18/h5-8H,3-4,9-10H2,1-2H3. The third kappa shape index (κ3) is 2.82. The number of carbonyl (C=O) groups excluding carboxylic acids is 2. The number of nitrogens with zero attached hydrogens (tertiary/aromatic N) is 2. The predicted molar refractivity (Wildman–Crippen MR) is 76.7 cm³/mol. The van der Waals surface area contributed by atoms with Gasteiger partial charge in [0.25, 0.3) is 11.8 Å². The van der Waals surface area contributed by atoms with E-state index in [1.54, 1.807) is 24.3 Å². The Morgan fingerprint density at radius 1 is 1.00 bits per heavy atom. The maximum absolute atomic E-state index is 12.2. The van der Waals surface area contributed by atoms with Crippen LogP contribution in [0.25, 0.3) is 0 Å². The van der Waals surface area contributed by atoms with Gasteiger partial charge in [-0.05, 0) is 25.0 Å². The van der Waals surface area contributed by atoms with E-state index < -0.39 is 0 Å². The van der Waals surface area contributed by atoms with E-state index in [0.717, 1.165) is 25.9 Å². The van der Waals surface area contributed by atoms with Crippen LogP contribution in [0.4, 0.5) is 0 Å². The lowest BCUT2D eigenvalue weighted by Gasteiger charge is -2.23. The molecule has 2 amide bonds. The highest BCUT2D eigenvalue weighted by Gasteiger charge is 2.37. The maximum Gasteiger partial charge on any atom is 0.272 e. The third-order valence-electron chi connectivity index (χ3n) is 2.90. The highest BCUT2D eigenvalue weighted by atomic mass is 32.2. The van der Waals surface area contributed by atoms with Gasteiger partial charge in [0.05, 0.1) is 23.3 Å². The Hall–Kier alpha value is -1.33. The van der Waals surface area contributed by atoms with E-state index in [1.165, 1.54) is 16.4 Å². The quantitative estimate of drug-likeness (QED) is 0.592. The van der Waals surface area contributed by atoms with Crippen LogP contribution in [-0.4, -0.2) is 33.5 Å². The van der Waals surface area contributed by atoms with Gasteiger partial charge in [0.15, 0.2) is 0 Å². The van der Waals surface area contributed by atoms with Crippen molar-refractivity contribution in [3.63, 3.8) is 0 Å². The first-order valence-electron chi connectivity index (χ1n) is 6.59. The molecule has 19 heavy (non-hydrogen) atoms. The Morgan fingerprint density at radius 3 is 1.89 bits per heavy atom. The Kier molecular flexibility index (Phi) is 4.61. The summed E-state index contributed by atoms with van der Waals surface area (Å²) in [7, 11) is 0. The summed E-state index contributed by atoms with van der Waals surface area (Å²) >= 11 is 1.24. The van der Waals surface area contributed by atoms with Crippen LogP contribution in [0.15, 0.2) is 24.3 Å². The minimum atomic E-state index is -0.206. The lowest BCUT2D eigenvalue weighted by molar-refractivity contribution is 0.0772. The van der Waals surface area contributed by atoms with E-state index in [1.807, 2.05) is 0 Å². The molecular formula is C14H18N2O2S. The summed E-state index contributed by atoms with van der Waals surface area (Å²) in [6.45, 7) is 5.91. The first-order chi connectivity index (χ1) is 9.19. The Bertz CT molecular complexity index is 449. The number of carbonyl (C=O) groups is 2. The molecule has 0 aliphatic carbocycles. The Labute approximate surface area is 118 Å². The van der Waals surface area contributed by atoms with Crippen LogP contribution in [0.1, 0.15) is 47.4 Å². The molecule has 4 nitrogen and oxygen atoms in total. The van der Waals surface area contributed by atoms with Crippen molar-refractivity contribution in [3.05, 3.63) is 35.4 Å². The molecule has 0 radical (unpaired) electrons. The highest BCUT2D eigenvalue weighted by molar-refractivity contribution is 7.95. The highest BCUT2D eigenvalue weighted by Crippen LogP contribution is 2.30.